The standard InChI is InChI=1S/C17H15F3N4O/c1-8(2)14-13-12(9-5-3-4-6-11(9)17(18,19)20)10(7-21)15(22)25-16(13)24-23-14/h3-6,8,12H,22H2,1-2H3,(H,23,24)/t12-/m0/s1. The van der Waals surface area contributed by atoms with Crippen LogP contribution < -0.4 is 10.5 Å². The summed E-state index contributed by atoms with van der Waals surface area (Å²) in [7, 11) is 0. The van der Waals surface area contributed by atoms with E-state index in [9.17, 15) is 18.4 Å². The highest BCUT2D eigenvalue weighted by atomic mass is 19.4. The van der Waals surface area contributed by atoms with Gasteiger partial charge in [-0.15, -0.1) is 5.10 Å². The van der Waals surface area contributed by atoms with Crippen molar-refractivity contribution >= 4 is 0 Å². The molecule has 3 rings (SSSR count). The fourth-order valence-electron chi connectivity index (χ4n) is 3.03. The molecule has 0 bridgehead atoms. The summed E-state index contributed by atoms with van der Waals surface area (Å²) >= 11 is 0. The summed E-state index contributed by atoms with van der Waals surface area (Å²) in [5.41, 5.74) is 5.87. The van der Waals surface area contributed by atoms with Crippen molar-refractivity contribution in [1.82, 2.24) is 10.2 Å². The lowest BCUT2D eigenvalue weighted by Gasteiger charge is -2.26. The Hall–Kier alpha value is -2.95. The van der Waals surface area contributed by atoms with Crippen molar-refractivity contribution in [3.8, 4) is 11.9 Å². The van der Waals surface area contributed by atoms with E-state index in [-0.39, 0.29) is 28.8 Å². The third kappa shape index (κ3) is 2.71. The van der Waals surface area contributed by atoms with Crippen molar-refractivity contribution in [2.45, 2.75) is 31.9 Å². The first-order valence-corrected chi connectivity index (χ1v) is 7.57. The Balaban J connectivity index is 2.32. The molecule has 1 aliphatic heterocycles. The number of hydrogen-bond donors (Lipinski definition) is 2. The van der Waals surface area contributed by atoms with Gasteiger partial charge < -0.3 is 10.5 Å². The molecular weight excluding hydrogens is 333 g/mol. The van der Waals surface area contributed by atoms with Crippen LogP contribution in [0.15, 0.2) is 35.7 Å². The van der Waals surface area contributed by atoms with Gasteiger partial charge in [-0.3, -0.25) is 5.10 Å². The predicted octanol–water partition coefficient (Wildman–Crippen LogP) is 3.77. The molecule has 8 heteroatoms. The number of aromatic nitrogens is 2. The normalized spacial score (nSPS) is 17.2. The average Bonchev–Trinajstić information content (AvgIpc) is 2.96. The summed E-state index contributed by atoms with van der Waals surface area (Å²) in [6, 6.07) is 7.05. The Labute approximate surface area is 141 Å². The molecule has 1 aromatic heterocycles. The Morgan fingerprint density at radius 1 is 1.32 bits per heavy atom. The minimum absolute atomic E-state index is 0.0534. The van der Waals surface area contributed by atoms with Gasteiger partial charge in [-0.1, -0.05) is 32.0 Å². The molecule has 0 spiro atoms. The lowest BCUT2D eigenvalue weighted by Crippen LogP contribution is -2.23. The maximum Gasteiger partial charge on any atom is 0.416 e. The summed E-state index contributed by atoms with van der Waals surface area (Å²) in [6.07, 6.45) is -4.56. The summed E-state index contributed by atoms with van der Waals surface area (Å²) in [5.74, 6) is -1.19. The summed E-state index contributed by atoms with van der Waals surface area (Å²) in [5, 5.41) is 16.3. The van der Waals surface area contributed by atoms with Gasteiger partial charge in [0.2, 0.25) is 11.8 Å². The zero-order valence-corrected chi connectivity index (χ0v) is 13.5. The number of nitriles is 1. The maximum absolute atomic E-state index is 13.5. The molecule has 3 N–H and O–H groups in total. The number of nitrogens with two attached hydrogens (primary N) is 1. The van der Waals surface area contributed by atoms with E-state index in [1.54, 1.807) is 0 Å². The highest BCUT2D eigenvalue weighted by Gasteiger charge is 2.41. The maximum atomic E-state index is 13.5. The van der Waals surface area contributed by atoms with E-state index in [4.69, 9.17) is 10.5 Å². The predicted molar refractivity (Wildman–Crippen MR) is 83.4 cm³/mol. The number of benzene rings is 1. The Morgan fingerprint density at radius 3 is 2.60 bits per heavy atom. The lowest BCUT2D eigenvalue weighted by atomic mass is 9.80. The van der Waals surface area contributed by atoms with Crippen molar-refractivity contribution in [2.75, 3.05) is 0 Å². The highest BCUT2D eigenvalue weighted by Crippen LogP contribution is 2.47. The number of halogens is 3. The van der Waals surface area contributed by atoms with E-state index in [0.29, 0.717) is 11.3 Å². The highest BCUT2D eigenvalue weighted by molar-refractivity contribution is 5.57. The monoisotopic (exact) mass is 348 g/mol. The number of hydrogen-bond acceptors (Lipinski definition) is 4. The number of allylic oxidation sites excluding steroid dienone is 1. The molecule has 1 atom stereocenters. The number of fused-ring (bicyclic) bond motifs is 1. The Kier molecular flexibility index (Phi) is 3.95. The second kappa shape index (κ2) is 5.84. The molecule has 0 radical (unpaired) electrons. The van der Waals surface area contributed by atoms with Crippen LogP contribution in [0.2, 0.25) is 0 Å². The zero-order valence-electron chi connectivity index (χ0n) is 13.5. The second-order valence-electron chi connectivity index (χ2n) is 6.02. The number of nitrogens with one attached hydrogen (secondary N) is 1. The van der Waals surface area contributed by atoms with Crippen LogP contribution in [-0.4, -0.2) is 10.2 Å². The van der Waals surface area contributed by atoms with Crippen LogP contribution in [0.5, 0.6) is 5.88 Å². The first-order valence-electron chi connectivity index (χ1n) is 7.57. The van der Waals surface area contributed by atoms with E-state index < -0.39 is 17.7 Å². The Bertz CT molecular complexity index is 890. The number of nitrogens with zero attached hydrogens (tertiary/aromatic N) is 2. The second-order valence-corrected chi connectivity index (χ2v) is 6.02. The van der Waals surface area contributed by atoms with E-state index in [1.165, 1.54) is 18.2 Å². The molecule has 1 aromatic carbocycles. The summed E-state index contributed by atoms with van der Waals surface area (Å²) < 4.78 is 45.9. The first kappa shape index (κ1) is 16.9. The molecule has 2 aromatic rings. The Morgan fingerprint density at radius 2 is 2.00 bits per heavy atom. The van der Waals surface area contributed by atoms with Crippen molar-refractivity contribution in [1.29, 1.82) is 5.26 Å². The minimum atomic E-state index is -4.56. The van der Waals surface area contributed by atoms with Crippen LogP contribution in [0, 0.1) is 11.3 Å². The van der Waals surface area contributed by atoms with Gasteiger partial charge in [-0.05, 0) is 17.5 Å². The fourth-order valence-corrected chi connectivity index (χ4v) is 3.03. The molecule has 0 saturated heterocycles. The topological polar surface area (TPSA) is 87.7 Å². The van der Waals surface area contributed by atoms with E-state index in [0.717, 1.165) is 6.07 Å². The largest absolute Gasteiger partial charge is 0.420 e. The van der Waals surface area contributed by atoms with Crippen LogP contribution in [0.3, 0.4) is 0 Å². The SMILES string of the molecule is CC(C)c1[nH]nc2c1[C@@H](c1ccccc1C(F)(F)F)C(C#N)=C(N)O2. The van der Waals surface area contributed by atoms with Crippen LogP contribution in [-0.2, 0) is 6.18 Å². The van der Waals surface area contributed by atoms with Crippen LogP contribution in [0.1, 0.15) is 48.1 Å². The van der Waals surface area contributed by atoms with Gasteiger partial charge >= 0.3 is 6.18 Å². The fraction of sp³-hybridized carbons (Fsp3) is 0.294. The zero-order chi connectivity index (χ0) is 18.4. The molecule has 130 valence electrons. The summed E-state index contributed by atoms with van der Waals surface area (Å²) in [4.78, 5) is 0. The number of ether oxygens (including phenoxy) is 1. The molecule has 0 saturated carbocycles. The molecule has 0 amide bonds. The van der Waals surface area contributed by atoms with Crippen molar-refractivity contribution in [2.24, 2.45) is 5.73 Å². The molecule has 2 heterocycles. The summed E-state index contributed by atoms with van der Waals surface area (Å²) in [6.45, 7) is 3.74. The van der Waals surface area contributed by atoms with Gasteiger partial charge in [0.05, 0.1) is 17.0 Å². The third-order valence-corrected chi connectivity index (χ3v) is 4.12. The number of rotatable bonds is 2. The van der Waals surface area contributed by atoms with Crippen LogP contribution in [0.4, 0.5) is 13.2 Å². The minimum Gasteiger partial charge on any atom is -0.420 e. The molecule has 5 nitrogen and oxygen atoms in total. The number of H-pyrrole nitrogens is 1. The first-order chi connectivity index (χ1) is 11.8. The van der Waals surface area contributed by atoms with Gasteiger partial charge in [-0.2, -0.15) is 18.4 Å². The van der Waals surface area contributed by atoms with Gasteiger partial charge in [0.1, 0.15) is 11.6 Å². The average molecular weight is 348 g/mol. The van der Waals surface area contributed by atoms with E-state index in [2.05, 4.69) is 10.2 Å². The molecular formula is C17H15F3N4O. The molecule has 1 aliphatic rings. The van der Waals surface area contributed by atoms with Gasteiger partial charge in [-0.25, -0.2) is 0 Å². The van der Waals surface area contributed by atoms with Crippen molar-refractivity contribution in [3.05, 3.63) is 58.1 Å². The van der Waals surface area contributed by atoms with Crippen molar-refractivity contribution in [3.63, 3.8) is 0 Å². The number of alkyl halides is 3. The molecule has 0 unspecified atom stereocenters. The van der Waals surface area contributed by atoms with Crippen molar-refractivity contribution < 1.29 is 17.9 Å². The number of aromatic amines is 1. The van der Waals surface area contributed by atoms with E-state index in [1.807, 2.05) is 19.9 Å². The van der Waals surface area contributed by atoms with Gasteiger partial charge in [0.25, 0.3) is 0 Å². The third-order valence-electron chi connectivity index (χ3n) is 4.12. The van der Waals surface area contributed by atoms with Crippen LogP contribution >= 0.6 is 0 Å². The molecule has 0 aliphatic carbocycles. The van der Waals surface area contributed by atoms with Crippen LogP contribution in [0.25, 0.3) is 0 Å². The van der Waals surface area contributed by atoms with Gasteiger partial charge in [0.15, 0.2) is 0 Å². The van der Waals surface area contributed by atoms with Gasteiger partial charge in [0, 0.05) is 5.69 Å². The molecule has 0 fully saturated rings. The quantitative estimate of drug-likeness (QED) is 0.865. The van der Waals surface area contributed by atoms with E-state index >= 15 is 0 Å². The molecule has 25 heavy (non-hydrogen) atoms. The lowest BCUT2D eigenvalue weighted by molar-refractivity contribution is -0.138. The smallest absolute Gasteiger partial charge is 0.416 e.